The highest BCUT2D eigenvalue weighted by molar-refractivity contribution is 5.78. The molecule has 112 valence electrons. The van der Waals surface area contributed by atoms with Gasteiger partial charge in [-0.25, -0.2) is 8.78 Å². The molecule has 3 nitrogen and oxygen atoms in total. The first-order valence-corrected chi connectivity index (χ1v) is 7.28. The number of alkyl halides is 2. The fourth-order valence-electron chi connectivity index (χ4n) is 2.64. The normalized spacial score (nSPS) is 25.3. The molecule has 19 heavy (non-hydrogen) atoms. The van der Waals surface area contributed by atoms with Crippen LogP contribution in [0, 0.1) is 11.8 Å². The van der Waals surface area contributed by atoms with Crippen molar-refractivity contribution in [1.29, 1.82) is 0 Å². The van der Waals surface area contributed by atoms with Crippen molar-refractivity contribution in [3.63, 3.8) is 0 Å². The maximum Gasteiger partial charge on any atom is 0.265 e. The molecular weight excluding hydrogens is 252 g/mol. The monoisotopic (exact) mass is 277 g/mol. The van der Waals surface area contributed by atoms with Gasteiger partial charge < -0.3 is 10.4 Å². The number of hydrogen-bond donors (Lipinski definition) is 2. The molecule has 1 aliphatic carbocycles. The van der Waals surface area contributed by atoms with Crippen LogP contribution in [0.1, 0.15) is 51.9 Å². The third-order valence-corrected chi connectivity index (χ3v) is 3.96. The van der Waals surface area contributed by atoms with Gasteiger partial charge in [0.15, 0.2) is 0 Å². The molecule has 1 atom stereocenters. The molecule has 1 amide bonds. The van der Waals surface area contributed by atoms with Crippen LogP contribution in [-0.4, -0.2) is 30.1 Å². The van der Waals surface area contributed by atoms with E-state index in [1.165, 1.54) is 19.3 Å². The molecule has 0 aromatic heterocycles. The van der Waals surface area contributed by atoms with Crippen molar-refractivity contribution in [3.05, 3.63) is 0 Å². The van der Waals surface area contributed by atoms with Gasteiger partial charge in [-0.1, -0.05) is 26.2 Å². The summed E-state index contributed by atoms with van der Waals surface area (Å²) in [7, 11) is 0. The number of amides is 1. The minimum atomic E-state index is -2.80. The van der Waals surface area contributed by atoms with Crippen molar-refractivity contribution < 1.29 is 18.7 Å². The topological polar surface area (TPSA) is 49.3 Å². The molecule has 0 saturated heterocycles. The highest BCUT2D eigenvalue weighted by atomic mass is 19.3. The quantitative estimate of drug-likeness (QED) is 0.751. The fourth-order valence-corrected chi connectivity index (χ4v) is 2.64. The van der Waals surface area contributed by atoms with Crippen LogP contribution in [0.5, 0.6) is 0 Å². The predicted octanol–water partition coefficient (Wildman–Crippen LogP) is 2.73. The SMILES string of the molecule is CCCCC1CCC(C(=O)NCC(O)C(F)F)CC1. The summed E-state index contributed by atoms with van der Waals surface area (Å²) in [6.07, 6.45) is 2.89. The Hall–Kier alpha value is -0.710. The Morgan fingerprint density at radius 3 is 2.47 bits per heavy atom. The zero-order valence-corrected chi connectivity index (χ0v) is 11.6. The van der Waals surface area contributed by atoms with Crippen LogP contribution >= 0.6 is 0 Å². The highest BCUT2D eigenvalue weighted by Gasteiger charge is 2.27. The van der Waals surface area contributed by atoms with Crippen molar-refractivity contribution in [2.75, 3.05) is 6.54 Å². The number of unbranched alkanes of at least 4 members (excludes halogenated alkanes) is 1. The van der Waals surface area contributed by atoms with Gasteiger partial charge in [-0.3, -0.25) is 4.79 Å². The molecule has 1 unspecified atom stereocenters. The lowest BCUT2D eigenvalue weighted by Gasteiger charge is -2.28. The summed E-state index contributed by atoms with van der Waals surface area (Å²) in [6, 6.07) is 0. The Bertz CT molecular complexity index is 266. The van der Waals surface area contributed by atoms with Crippen molar-refractivity contribution in [2.24, 2.45) is 11.8 Å². The summed E-state index contributed by atoms with van der Waals surface area (Å²) in [4.78, 5) is 11.8. The molecular formula is C14H25F2NO2. The average molecular weight is 277 g/mol. The molecule has 0 aromatic rings. The van der Waals surface area contributed by atoms with E-state index in [1.54, 1.807) is 0 Å². The largest absolute Gasteiger partial charge is 0.385 e. The van der Waals surface area contributed by atoms with Gasteiger partial charge in [-0.2, -0.15) is 0 Å². The minimum Gasteiger partial charge on any atom is -0.385 e. The minimum absolute atomic E-state index is 0.0669. The molecule has 0 radical (unpaired) electrons. The van der Waals surface area contributed by atoms with Crippen molar-refractivity contribution in [3.8, 4) is 0 Å². The standard InChI is InChI=1S/C14H25F2NO2/c1-2-3-4-10-5-7-11(8-6-10)14(19)17-9-12(18)13(15)16/h10-13,18H,2-9H2,1H3,(H,17,19). The third kappa shape index (κ3) is 5.85. The lowest BCUT2D eigenvalue weighted by atomic mass is 9.79. The van der Waals surface area contributed by atoms with E-state index < -0.39 is 12.5 Å². The van der Waals surface area contributed by atoms with Gasteiger partial charge in [-0.05, 0) is 31.6 Å². The van der Waals surface area contributed by atoms with Gasteiger partial charge >= 0.3 is 0 Å². The van der Waals surface area contributed by atoms with Gasteiger partial charge in [0.25, 0.3) is 6.43 Å². The smallest absolute Gasteiger partial charge is 0.265 e. The van der Waals surface area contributed by atoms with E-state index in [0.29, 0.717) is 0 Å². The van der Waals surface area contributed by atoms with E-state index in [9.17, 15) is 13.6 Å². The van der Waals surface area contributed by atoms with E-state index >= 15 is 0 Å². The molecule has 5 heteroatoms. The number of nitrogens with one attached hydrogen (secondary N) is 1. The van der Waals surface area contributed by atoms with E-state index in [2.05, 4.69) is 12.2 Å². The van der Waals surface area contributed by atoms with E-state index in [1.807, 2.05) is 0 Å². The number of rotatable bonds is 7. The predicted molar refractivity (Wildman–Crippen MR) is 70.0 cm³/mol. The first-order valence-electron chi connectivity index (χ1n) is 7.28. The number of carbonyl (C=O) groups excluding carboxylic acids is 1. The lowest BCUT2D eigenvalue weighted by molar-refractivity contribution is -0.127. The first kappa shape index (κ1) is 16.3. The van der Waals surface area contributed by atoms with Crippen molar-refractivity contribution in [1.82, 2.24) is 5.32 Å². The fraction of sp³-hybridized carbons (Fsp3) is 0.929. The number of carbonyl (C=O) groups is 1. The Balaban J connectivity index is 2.21. The van der Waals surface area contributed by atoms with Gasteiger partial charge in [0.05, 0.1) is 0 Å². The van der Waals surface area contributed by atoms with Gasteiger partial charge in [0.2, 0.25) is 5.91 Å². The molecule has 0 aromatic carbocycles. The second-order valence-corrected chi connectivity index (χ2v) is 5.51. The zero-order chi connectivity index (χ0) is 14.3. The second-order valence-electron chi connectivity index (χ2n) is 5.51. The van der Waals surface area contributed by atoms with Gasteiger partial charge in [0, 0.05) is 12.5 Å². The average Bonchev–Trinajstić information content (AvgIpc) is 2.42. The molecule has 2 N–H and O–H groups in total. The van der Waals surface area contributed by atoms with E-state index in [0.717, 1.165) is 31.6 Å². The molecule has 0 heterocycles. The molecule has 1 aliphatic rings. The summed E-state index contributed by atoms with van der Waals surface area (Å²) < 4.78 is 24.2. The summed E-state index contributed by atoms with van der Waals surface area (Å²) in [5.41, 5.74) is 0. The van der Waals surface area contributed by atoms with Gasteiger partial charge in [0.1, 0.15) is 6.10 Å². The van der Waals surface area contributed by atoms with Crippen LogP contribution in [0.25, 0.3) is 0 Å². The number of halogens is 2. The number of hydrogen-bond acceptors (Lipinski definition) is 2. The van der Waals surface area contributed by atoms with Crippen molar-refractivity contribution in [2.45, 2.75) is 64.4 Å². The molecule has 0 aliphatic heterocycles. The molecule has 1 rings (SSSR count). The first-order chi connectivity index (χ1) is 9.04. The number of aliphatic hydroxyl groups is 1. The molecule has 1 fully saturated rings. The van der Waals surface area contributed by atoms with Crippen LogP contribution in [0.2, 0.25) is 0 Å². The highest BCUT2D eigenvalue weighted by Crippen LogP contribution is 2.31. The Labute approximate surface area is 113 Å². The Morgan fingerprint density at radius 1 is 1.32 bits per heavy atom. The molecule has 1 saturated carbocycles. The van der Waals surface area contributed by atoms with Crippen LogP contribution in [-0.2, 0) is 4.79 Å². The van der Waals surface area contributed by atoms with E-state index in [-0.39, 0.29) is 18.4 Å². The lowest BCUT2D eigenvalue weighted by Crippen LogP contribution is -2.40. The molecule has 0 spiro atoms. The summed E-state index contributed by atoms with van der Waals surface area (Å²) in [6.45, 7) is 1.82. The van der Waals surface area contributed by atoms with E-state index in [4.69, 9.17) is 5.11 Å². The second kappa shape index (κ2) is 8.46. The van der Waals surface area contributed by atoms with Crippen LogP contribution < -0.4 is 5.32 Å². The van der Waals surface area contributed by atoms with Crippen LogP contribution in [0.3, 0.4) is 0 Å². The van der Waals surface area contributed by atoms with Gasteiger partial charge in [-0.15, -0.1) is 0 Å². The Morgan fingerprint density at radius 2 is 1.95 bits per heavy atom. The number of aliphatic hydroxyl groups excluding tert-OH is 1. The van der Waals surface area contributed by atoms with Crippen LogP contribution in [0.15, 0.2) is 0 Å². The van der Waals surface area contributed by atoms with Crippen LogP contribution in [0.4, 0.5) is 8.78 Å². The molecule has 0 bridgehead atoms. The third-order valence-electron chi connectivity index (χ3n) is 3.96. The zero-order valence-electron chi connectivity index (χ0n) is 11.6. The van der Waals surface area contributed by atoms with Crippen molar-refractivity contribution >= 4 is 5.91 Å². The Kier molecular flexibility index (Phi) is 7.28. The summed E-state index contributed by atoms with van der Waals surface area (Å²) in [5.74, 6) is 0.465. The summed E-state index contributed by atoms with van der Waals surface area (Å²) >= 11 is 0. The maximum atomic E-state index is 12.1. The summed E-state index contributed by atoms with van der Waals surface area (Å²) in [5, 5.41) is 11.4. The maximum absolute atomic E-state index is 12.1.